The first-order valence-electron chi connectivity index (χ1n) is 6.37. The summed E-state index contributed by atoms with van der Waals surface area (Å²) in [6.45, 7) is 3.78. The first-order chi connectivity index (χ1) is 9.95. The molecule has 6 nitrogen and oxygen atoms in total. The van der Waals surface area contributed by atoms with Gasteiger partial charge in [0.25, 0.3) is 0 Å². The fourth-order valence-electron chi connectivity index (χ4n) is 1.78. The van der Waals surface area contributed by atoms with Crippen molar-refractivity contribution in [3.8, 4) is 5.69 Å². The summed E-state index contributed by atoms with van der Waals surface area (Å²) in [5.41, 5.74) is 0.237. The lowest BCUT2D eigenvalue weighted by Gasteiger charge is -2.23. The number of carboxylic acid groups (broad SMARTS) is 1. The second-order valence-corrected chi connectivity index (χ2v) is 5.82. The van der Waals surface area contributed by atoms with Gasteiger partial charge < -0.3 is 9.84 Å². The maximum absolute atomic E-state index is 10.8. The number of carboxylic acids is 1. The molecule has 0 aliphatic carbocycles. The van der Waals surface area contributed by atoms with Crippen LogP contribution in [0, 0.1) is 0 Å². The number of hydrogen-bond acceptors (Lipinski definition) is 5. The highest BCUT2D eigenvalue weighted by Gasteiger charge is 2.29. The quantitative estimate of drug-likeness (QED) is 0.825. The molecule has 0 bridgehead atoms. The van der Waals surface area contributed by atoms with E-state index in [2.05, 4.69) is 10.2 Å². The molecule has 0 saturated heterocycles. The number of benzene rings is 1. The maximum Gasteiger partial charge on any atom is 0.313 e. The first-order valence-corrected chi connectivity index (χ1v) is 7.35. The highest BCUT2D eigenvalue weighted by atomic mass is 32.2. The zero-order valence-electron chi connectivity index (χ0n) is 12.1. The summed E-state index contributed by atoms with van der Waals surface area (Å²) in [4.78, 5) is 10.8. The van der Waals surface area contributed by atoms with Crippen LogP contribution in [-0.2, 0) is 15.1 Å². The number of rotatable bonds is 6. The van der Waals surface area contributed by atoms with Crippen molar-refractivity contribution in [3.05, 3.63) is 36.2 Å². The zero-order valence-corrected chi connectivity index (χ0v) is 12.9. The number of aromatic nitrogens is 3. The third-order valence-electron chi connectivity index (χ3n) is 3.02. The molecule has 0 unspecified atom stereocenters. The van der Waals surface area contributed by atoms with Gasteiger partial charge in [0.2, 0.25) is 0 Å². The molecule has 0 aliphatic heterocycles. The predicted octanol–water partition coefficient (Wildman–Crippen LogP) is 2.33. The lowest BCUT2D eigenvalue weighted by Crippen LogP contribution is -2.24. The second kappa shape index (κ2) is 6.28. The summed E-state index contributed by atoms with van der Waals surface area (Å²) < 4.78 is 7.31. The van der Waals surface area contributed by atoms with Gasteiger partial charge in [-0.2, -0.15) is 0 Å². The number of thioether (sulfide) groups is 1. The van der Waals surface area contributed by atoms with Gasteiger partial charge in [0.05, 0.1) is 5.75 Å². The minimum Gasteiger partial charge on any atom is -0.481 e. The first kappa shape index (κ1) is 15.5. The summed E-state index contributed by atoms with van der Waals surface area (Å²) in [6, 6.07) is 9.57. The largest absolute Gasteiger partial charge is 0.481 e. The number of nitrogens with zero attached hydrogens (tertiary/aromatic N) is 3. The Kier molecular flexibility index (Phi) is 4.64. The summed E-state index contributed by atoms with van der Waals surface area (Å²) in [5, 5.41) is 17.7. The number of aliphatic carboxylic acids is 1. The molecule has 0 radical (unpaired) electrons. The minimum absolute atomic E-state index is 0.0711. The van der Waals surface area contributed by atoms with Crippen LogP contribution in [-0.4, -0.2) is 38.7 Å². The summed E-state index contributed by atoms with van der Waals surface area (Å²) in [6.07, 6.45) is 0. The lowest BCUT2D eigenvalue weighted by atomic mass is 10.1. The number of carbonyl (C=O) groups is 1. The molecule has 1 aromatic carbocycles. The molecule has 0 aliphatic rings. The van der Waals surface area contributed by atoms with Gasteiger partial charge in [-0.1, -0.05) is 30.0 Å². The average Bonchev–Trinajstić information content (AvgIpc) is 2.90. The van der Waals surface area contributed by atoms with E-state index in [1.807, 2.05) is 48.7 Å². The van der Waals surface area contributed by atoms with E-state index >= 15 is 0 Å². The molecule has 2 rings (SSSR count). The van der Waals surface area contributed by atoms with Gasteiger partial charge in [-0.05, 0) is 26.0 Å². The molecule has 0 fully saturated rings. The van der Waals surface area contributed by atoms with Crippen LogP contribution in [0.2, 0.25) is 0 Å². The van der Waals surface area contributed by atoms with Gasteiger partial charge in [0, 0.05) is 12.8 Å². The predicted molar refractivity (Wildman–Crippen MR) is 79.8 cm³/mol. The van der Waals surface area contributed by atoms with Crippen LogP contribution in [0.3, 0.4) is 0 Å². The second-order valence-electron chi connectivity index (χ2n) is 4.87. The normalized spacial score (nSPS) is 11.6. The monoisotopic (exact) mass is 307 g/mol. The van der Waals surface area contributed by atoms with Gasteiger partial charge in [0.1, 0.15) is 5.60 Å². The number of ether oxygens (including phenoxy) is 1. The number of para-hydroxylation sites is 1. The molecule has 0 saturated carbocycles. The van der Waals surface area contributed by atoms with E-state index in [-0.39, 0.29) is 5.75 Å². The smallest absolute Gasteiger partial charge is 0.313 e. The Morgan fingerprint density at radius 3 is 2.57 bits per heavy atom. The van der Waals surface area contributed by atoms with Crippen LogP contribution >= 0.6 is 11.8 Å². The lowest BCUT2D eigenvalue weighted by molar-refractivity contribution is -0.133. The topological polar surface area (TPSA) is 77.2 Å². The summed E-state index contributed by atoms with van der Waals surface area (Å²) in [7, 11) is 1.61. The van der Waals surface area contributed by atoms with Crippen molar-refractivity contribution in [1.82, 2.24) is 14.8 Å². The van der Waals surface area contributed by atoms with E-state index in [0.717, 1.165) is 17.4 Å². The molecule has 1 heterocycles. The molecule has 1 N–H and O–H groups in total. The molecule has 21 heavy (non-hydrogen) atoms. The Hall–Kier alpha value is -1.86. The molecule has 0 spiro atoms. The Morgan fingerprint density at radius 1 is 1.33 bits per heavy atom. The Labute approximate surface area is 127 Å². The molecule has 1 aromatic heterocycles. The van der Waals surface area contributed by atoms with Crippen LogP contribution in [0.15, 0.2) is 35.5 Å². The van der Waals surface area contributed by atoms with E-state index in [0.29, 0.717) is 11.0 Å². The molecular formula is C14H17N3O3S. The molecule has 0 atom stereocenters. The fraction of sp³-hybridized carbons (Fsp3) is 0.357. The minimum atomic E-state index is -0.893. The standard InChI is InChI=1S/C14H17N3O3S/c1-14(2,20-3)12-15-16-13(21-9-11(18)19)17(12)10-7-5-4-6-8-10/h4-8H,9H2,1-3H3,(H,18,19). The van der Waals surface area contributed by atoms with Crippen LogP contribution in [0.1, 0.15) is 19.7 Å². The number of methoxy groups -OCH3 is 1. The SMILES string of the molecule is COC(C)(C)c1nnc(SCC(=O)O)n1-c1ccccc1. The molecule has 112 valence electrons. The van der Waals surface area contributed by atoms with Crippen LogP contribution in [0.25, 0.3) is 5.69 Å². The van der Waals surface area contributed by atoms with Gasteiger partial charge in [-0.15, -0.1) is 10.2 Å². The highest BCUT2D eigenvalue weighted by Crippen LogP contribution is 2.29. The molecule has 0 amide bonds. The summed E-state index contributed by atoms with van der Waals surface area (Å²) >= 11 is 1.13. The Bertz CT molecular complexity index is 626. The van der Waals surface area contributed by atoms with E-state index < -0.39 is 11.6 Å². The highest BCUT2D eigenvalue weighted by molar-refractivity contribution is 7.99. The van der Waals surface area contributed by atoms with Crippen molar-refractivity contribution in [2.45, 2.75) is 24.6 Å². The van der Waals surface area contributed by atoms with Crippen LogP contribution in [0.4, 0.5) is 0 Å². The van der Waals surface area contributed by atoms with E-state index in [4.69, 9.17) is 9.84 Å². The average molecular weight is 307 g/mol. The van der Waals surface area contributed by atoms with Crippen molar-refractivity contribution in [1.29, 1.82) is 0 Å². The van der Waals surface area contributed by atoms with Gasteiger partial charge in [-0.25, -0.2) is 0 Å². The molecule has 2 aromatic rings. The van der Waals surface area contributed by atoms with Gasteiger partial charge in [-0.3, -0.25) is 9.36 Å². The third kappa shape index (κ3) is 3.43. The van der Waals surface area contributed by atoms with Crippen molar-refractivity contribution in [3.63, 3.8) is 0 Å². The number of hydrogen-bond donors (Lipinski definition) is 1. The van der Waals surface area contributed by atoms with Crippen molar-refractivity contribution in [2.75, 3.05) is 12.9 Å². The van der Waals surface area contributed by atoms with E-state index in [1.165, 1.54) is 0 Å². The Morgan fingerprint density at radius 2 is 2.00 bits per heavy atom. The van der Waals surface area contributed by atoms with Crippen LogP contribution in [0.5, 0.6) is 0 Å². The maximum atomic E-state index is 10.8. The molecular weight excluding hydrogens is 290 g/mol. The van der Waals surface area contributed by atoms with E-state index in [1.54, 1.807) is 7.11 Å². The van der Waals surface area contributed by atoms with E-state index in [9.17, 15) is 4.79 Å². The third-order valence-corrected chi connectivity index (χ3v) is 3.94. The van der Waals surface area contributed by atoms with Crippen molar-refractivity contribution in [2.24, 2.45) is 0 Å². The van der Waals surface area contributed by atoms with Crippen LogP contribution < -0.4 is 0 Å². The van der Waals surface area contributed by atoms with Gasteiger partial charge >= 0.3 is 5.97 Å². The van der Waals surface area contributed by atoms with Gasteiger partial charge in [0.15, 0.2) is 11.0 Å². The zero-order chi connectivity index (χ0) is 15.5. The molecule has 7 heteroatoms. The Balaban J connectivity index is 2.50. The summed E-state index contributed by atoms with van der Waals surface area (Å²) in [5.74, 6) is -0.336. The fourth-order valence-corrected chi connectivity index (χ4v) is 2.45. The van der Waals surface area contributed by atoms with Crippen molar-refractivity contribution >= 4 is 17.7 Å². The van der Waals surface area contributed by atoms with Crippen molar-refractivity contribution < 1.29 is 14.6 Å².